The van der Waals surface area contributed by atoms with E-state index in [4.69, 9.17) is 0 Å². The number of aromatic nitrogens is 2. The molecule has 1 aromatic carbocycles. The minimum absolute atomic E-state index is 0.310. The van der Waals surface area contributed by atoms with Crippen LogP contribution in [-0.2, 0) is 0 Å². The second kappa shape index (κ2) is 5.75. The number of benzene rings is 1. The fraction of sp³-hybridized carbons (Fsp3) is 0.286. The maximum atomic E-state index is 13.7. The number of hydrogen-bond donors (Lipinski definition) is 2. The lowest BCUT2D eigenvalue weighted by Crippen LogP contribution is -2.06. The highest BCUT2D eigenvalue weighted by atomic mass is 79.9. The number of anilines is 3. The predicted molar refractivity (Wildman–Crippen MR) is 83.2 cm³/mol. The van der Waals surface area contributed by atoms with Crippen LogP contribution in [0.5, 0.6) is 0 Å². The standard InChI is InChI=1S/C14H16BrFN4/c1-7-5-10(15)11(16)6-12(7)20-14-8(2)13(17-4)18-9(3)19-14/h5-6H,1-4H3,(H2,17,18,19,20). The van der Waals surface area contributed by atoms with Crippen LogP contribution in [0, 0.1) is 26.6 Å². The number of hydrogen-bond acceptors (Lipinski definition) is 4. The molecule has 20 heavy (non-hydrogen) atoms. The number of rotatable bonds is 3. The Kier molecular flexibility index (Phi) is 4.23. The molecule has 106 valence electrons. The molecule has 2 rings (SSSR count). The van der Waals surface area contributed by atoms with Gasteiger partial charge in [0.05, 0.1) is 4.47 Å². The number of halogens is 2. The van der Waals surface area contributed by atoms with E-state index in [2.05, 4.69) is 36.5 Å². The average molecular weight is 339 g/mol. The molecule has 2 N–H and O–H groups in total. The van der Waals surface area contributed by atoms with Crippen molar-refractivity contribution in [1.82, 2.24) is 9.97 Å². The second-order valence-corrected chi connectivity index (χ2v) is 5.40. The van der Waals surface area contributed by atoms with Gasteiger partial charge in [0.2, 0.25) is 0 Å². The molecule has 0 unspecified atom stereocenters. The van der Waals surface area contributed by atoms with E-state index in [0.29, 0.717) is 21.8 Å². The molecule has 4 nitrogen and oxygen atoms in total. The van der Waals surface area contributed by atoms with Gasteiger partial charge < -0.3 is 10.6 Å². The van der Waals surface area contributed by atoms with Crippen molar-refractivity contribution in [3.05, 3.63) is 39.4 Å². The van der Waals surface area contributed by atoms with E-state index in [1.807, 2.05) is 27.8 Å². The molecular weight excluding hydrogens is 323 g/mol. The minimum atomic E-state index is -0.310. The lowest BCUT2D eigenvalue weighted by Gasteiger charge is -2.14. The zero-order valence-corrected chi connectivity index (χ0v) is 13.4. The fourth-order valence-electron chi connectivity index (χ4n) is 1.90. The normalized spacial score (nSPS) is 10.5. The molecule has 2 aromatic rings. The first-order valence-electron chi connectivity index (χ1n) is 6.18. The van der Waals surface area contributed by atoms with Gasteiger partial charge in [-0.05, 0) is 54.4 Å². The predicted octanol–water partition coefficient (Wildman–Crippen LogP) is 4.09. The van der Waals surface area contributed by atoms with Gasteiger partial charge in [-0.3, -0.25) is 0 Å². The molecule has 0 spiro atoms. The van der Waals surface area contributed by atoms with Crippen LogP contribution in [0.4, 0.5) is 21.7 Å². The van der Waals surface area contributed by atoms with Crippen molar-refractivity contribution in [3.8, 4) is 0 Å². The molecule has 1 aromatic heterocycles. The second-order valence-electron chi connectivity index (χ2n) is 4.55. The third kappa shape index (κ3) is 2.90. The van der Waals surface area contributed by atoms with E-state index < -0.39 is 0 Å². The summed E-state index contributed by atoms with van der Waals surface area (Å²) in [6.45, 7) is 5.65. The van der Waals surface area contributed by atoms with Gasteiger partial charge in [0.25, 0.3) is 0 Å². The van der Waals surface area contributed by atoms with Crippen molar-refractivity contribution in [3.63, 3.8) is 0 Å². The van der Waals surface area contributed by atoms with Crippen molar-refractivity contribution in [2.24, 2.45) is 0 Å². The van der Waals surface area contributed by atoms with E-state index in [1.54, 1.807) is 6.07 Å². The van der Waals surface area contributed by atoms with Gasteiger partial charge in [-0.15, -0.1) is 0 Å². The summed E-state index contributed by atoms with van der Waals surface area (Å²) in [5.41, 5.74) is 2.51. The highest BCUT2D eigenvalue weighted by Crippen LogP contribution is 2.28. The molecule has 0 radical (unpaired) electrons. The summed E-state index contributed by atoms with van der Waals surface area (Å²) >= 11 is 3.18. The molecule has 1 heterocycles. The molecule has 0 aliphatic heterocycles. The molecule has 0 bridgehead atoms. The summed E-state index contributed by atoms with van der Waals surface area (Å²) in [4.78, 5) is 8.68. The third-order valence-corrected chi connectivity index (χ3v) is 3.62. The summed E-state index contributed by atoms with van der Waals surface area (Å²) in [6, 6.07) is 3.19. The summed E-state index contributed by atoms with van der Waals surface area (Å²) < 4.78 is 14.1. The molecule has 0 atom stereocenters. The summed E-state index contributed by atoms with van der Waals surface area (Å²) in [6.07, 6.45) is 0. The van der Waals surface area contributed by atoms with E-state index in [0.717, 1.165) is 16.9 Å². The Bertz CT molecular complexity index is 658. The number of aryl methyl sites for hydroxylation is 2. The highest BCUT2D eigenvalue weighted by Gasteiger charge is 2.11. The van der Waals surface area contributed by atoms with Crippen LogP contribution in [0.25, 0.3) is 0 Å². The van der Waals surface area contributed by atoms with Crippen LogP contribution < -0.4 is 10.6 Å². The van der Waals surface area contributed by atoms with Gasteiger partial charge in [-0.1, -0.05) is 0 Å². The Balaban J connectivity index is 2.45. The Hall–Kier alpha value is -1.69. The smallest absolute Gasteiger partial charge is 0.139 e. The largest absolute Gasteiger partial charge is 0.373 e. The topological polar surface area (TPSA) is 49.8 Å². The lowest BCUT2D eigenvalue weighted by atomic mass is 10.2. The lowest BCUT2D eigenvalue weighted by molar-refractivity contribution is 0.621. The van der Waals surface area contributed by atoms with Crippen LogP contribution in [-0.4, -0.2) is 17.0 Å². The van der Waals surface area contributed by atoms with Crippen molar-refractivity contribution in [2.75, 3.05) is 17.7 Å². The highest BCUT2D eigenvalue weighted by molar-refractivity contribution is 9.10. The van der Waals surface area contributed by atoms with Gasteiger partial charge in [0.15, 0.2) is 0 Å². The first kappa shape index (κ1) is 14.7. The fourth-order valence-corrected chi connectivity index (χ4v) is 2.36. The number of nitrogens with one attached hydrogen (secondary N) is 2. The van der Waals surface area contributed by atoms with Crippen molar-refractivity contribution in [2.45, 2.75) is 20.8 Å². The van der Waals surface area contributed by atoms with Crippen molar-refractivity contribution < 1.29 is 4.39 Å². The van der Waals surface area contributed by atoms with Crippen LogP contribution >= 0.6 is 15.9 Å². The van der Waals surface area contributed by atoms with Crippen LogP contribution in [0.1, 0.15) is 17.0 Å². The molecule has 0 aliphatic rings. The summed E-state index contributed by atoms with van der Waals surface area (Å²) in [7, 11) is 1.81. The van der Waals surface area contributed by atoms with Gasteiger partial charge in [-0.2, -0.15) is 0 Å². The molecule has 0 saturated carbocycles. The Morgan fingerprint density at radius 2 is 1.75 bits per heavy atom. The average Bonchev–Trinajstić information content (AvgIpc) is 2.39. The monoisotopic (exact) mass is 338 g/mol. The van der Waals surface area contributed by atoms with Gasteiger partial charge >= 0.3 is 0 Å². The molecular formula is C14H16BrFN4. The maximum absolute atomic E-state index is 13.7. The maximum Gasteiger partial charge on any atom is 0.139 e. The van der Waals surface area contributed by atoms with Crippen LogP contribution in [0.3, 0.4) is 0 Å². The van der Waals surface area contributed by atoms with E-state index in [-0.39, 0.29) is 5.82 Å². The molecule has 0 fully saturated rings. The van der Waals surface area contributed by atoms with E-state index in [1.165, 1.54) is 6.07 Å². The van der Waals surface area contributed by atoms with Gasteiger partial charge in [0.1, 0.15) is 23.3 Å². The third-order valence-electron chi connectivity index (χ3n) is 3.01. The SMILES string of the molecule is CNc1nc(C)nc(Nc2cc(F)c(Br)cc2C)c1C. The number of nitrogens with zero attached hydrogens (tertiary/aromatic N) is 2. The summed E-state index contributed by atoms with van der Waals surface area (Å²) in [5.74, 6) is 1.77. The first-order valence-corrected chi connectivity index (χ1v) is 6.97. The first-order chi connectivity index (χ1) is 9.42. The molecule has 0 amide bonds. The summed E-state index contributed by atoms with van der Waals surface area (Å²) in [5, 5.41) is 6.20. The van der Waals surface area contributed by atoms with Crippen LogP contribution in [0.2, 0.25) is 0 Å². The van der Waals surface area contributed by atoms with Gasteiger partial charge in [-0.25, -0.2) is 14.4 Å². The van der Waals surface area contributed by atoms with Crippen molar-refractivity contribution in [1.29, 1.82) is 0 Å². The Morgan fingerprint density at radius 1 is 1.10 bits per heavy atom. The Morgan fingerprint density at radius 3 is 2.40 bits per heavy atom. The van der Waals surface area contributed by atoms with Crippen LogP contribution in [0.15, 0.2) is 16.6 Å². The zero-order chi connectivity index (χ0) is 14.9. The molecule has 6 heteroatoms. The Labute approximate surface area is 126 Å². The zero-order valence-electron chi connectivity index (χ0n) is 11.8. The van der Waals surface area contributed by atoms with Crippen molar-refractivity contribution >= 4 is 33.3 Å². The van der Waals surface area contributed by atoms with Gasteiger partial charge in [0, 0.05) is 18.3 Å². The van der Waals surface area contributed by atoms with E-state index >= 15 is 0 Å². The quantitative estimate of drug-likeness (QED) is 0.884. The molecule has 0 saturated heterocycles. The van der Waals surface area contributed by atoms with E-state index in [9.17, 15) is 4.39 Å². The molecule has 0 aliphatic carbocycles. The minimum Gasteiger partial charge on any atom is -0.373 e.